The minimum absolute atomic E-state index is 0.196. The average Bonchev–Trinajstić information content (AvgIpc) is 2.64. The standard InChI is InChI=1S/C15H22BrNO2/c1-2-19-14-10-12(9-13(16)15(14)18)11-17-7-5-3-4-6-8-17/h9-10,18H,2-8,11H2,1H3. The molecule has 0 unspecified atom stereocenters. The van der Waals surface area contributed by atoms with Crippen LogP contribution in [0.1, 0.15) is 38.2 Å². The monoisotopic (exact) mass is 327 g/mol. The molecule has 1 aromatic carbocycles. The van der Waals surface area contributed by atoms with Gasteiger partial charge in [-0.3, -0.25) is 4.90 Å². The van der Waals surface area contributed by atoms with E-state index in [1.54, 1.807) is 0 Å². The van der Waals surface area contributed by atoms with Crippen LogP contribution in [0.3, 0.4) is 0 Å². The van der Waals surface area contributed by atoms with Crippen molar-refractivity contribution in [3.05, 3.63) is 22.2 Å². The Balaban J connectivity index is 2.10. The normalized spacial score (nSPS) is 17.2. The van der Waals surface area contributed by atoms with Crippen LogP contribution in [0.15, 0.2) is 16.6 Å². The van der Waals surface area contributed by atoms with Gasteiger partial charge in [-0.15, -0.1) is 0 Å². The first-order valence-electron chi connectivity index (χ1n) is 7.07. The second-order valence-electron chi connectivity index (χ2n) is 5.05. The molecule has 1 N–H and O–H groups in total. The van der Waals surface area contributed by atoms with Gasteiger partial charge in [0.2, 0.25) is 0 Å². The molecule has 4 heteroatoms. The summed E-state index contributed by atoms with van der Waals surface area (Å²) in [6.45, 7) is 5.76. The molecule has 1 aliphatic rings. The maximum atomic E-state index is 9.92. The van der Waals surface area contributed by atoms with Gasteiger partial charge in [0.05, 0.1) is 11.1 Å². The zero-order valence-electron chi connectivity index (χ0n) is 11.5. The number of hydrogen-bond donors (Lipinski definition) is 1. The van der Waals surface area contributed by atoms with E-state index < -0.39 is 0 Å². The summed E-state index contributed by atoms with van der Waals surface area (Å²) in [5, 5.41) is 9.92. The minimum atomic E-state index is 0.196. The van der Waals surface area contributed by atoms with Gasteiger partial charge < -0.3 is 9.84 Å². The third-order valence-corrected chi connectivity index (χ3v) is 4.10. The Morgan fingerprint density at radius 2 is 1.89 bits per heavy atom. The van der Waals surface area contributed by atoms with Crippen LogP contribution in [0.2, 0.25) is 0 Å². The first-order valence-corrected chi connectivity index (χ1v) is 7.86. The first kappa shape index (κ1) is 14.7. The molecule has 19 heavy (non-hydrogen) atoms. The number of rotatable bonds is 4. The third kappa shape index (κ3) is 4.11. The second-order valence-corrected chi connectivity index (χ2v) is 5.90. The number of nitrogens with zero attached hydrogens (tertiary/aromatic N) is 1. The molecule has 0 radical (unpaired) electrons. The SMILES string of the molecule is CCOc1cc(CN2CCCCCC2)cc(Br)c1O. The van der Waals surface area contributed by atoms with Crippen LogP contribution in [0, 0.1) is 0 Å². The molecule has 1 heterocycles. The molecule has 0 spiro atoms. The smallest absolute Gasteiger partial charge is 0.172 e. The molecule has 0 atom stereocenters. The molecule has 2 rings (SSSR count). The van der Waals surface area contributed by atoms with E-state index in [4.69, 9.17) is 4.74 Å². The van der Waals surface area contributed by atoms with Crippen molar-refractivity contribution in [2.75, 3.05) is 19.7 Å². The second kappa shape index (κ2) is 7.15. The average molecular weight is 328 g/mol. The molecule has 1 aromatic rings. The maximum absolute atomic E-state index is 9.92. The maximum Gasteiger partial charge on any atom is 0.172 e. The van der Waals surface area contributed by atoms with E-state index in [0.29, 0.717) is 16.8 Å². The lowest BCUT2D eigenvalue weighted by Gasteiger charge is -2.20. The van der Waals surface area contributed by atoms with Crippen LogP contribution in [-0.4, -0.2) is 29.7 Å². The van der Waals surface area contributed by atoms with E-state index in [0.717, 1.165) is 6.54 Å². The lowest BCUT2D eigenvalue weighted by molar-refractivity contribution is 0.275. The fraction of sp³-hybridized carbons (Fsp3) is 0.600. The van der Waals surface area contributed by atoms with Crippen LogP contribution in [0.5, 0.6) is 11.5 Å². The molecule has 3 nitrogen and oxygen atoms in total. The van der Waals surface area contributed by atoms with Crippen molar-refractivity contribution >= 4 is 15.9 Å². The Morgan fingerprint density at radius 1 is 1.21 bits per heavy atom. The van der Waals surface area contributed by atoms with E-state index in [2.05, 4.69) is 20.8 Å². The van der Waals surface area contributed by atoms with Gasteiger partial charge in [0.1, 0.15) is 0 Å². The molecular weight excluding hydrogens is 306 g/mol. The van der Waals surface area contributed by atoms with Crippen LogP contribution in [0.25, 0.3) is 0 Å². The highest BCUT2D eigenvalue weighted by atomic mass is 79.9. The van der Waals surface area contributed by atoms with Gasteiger partial charge in [-0.2, -0.15) is 0 Å². The van der Waals surface area contributed by atoms with E-state index in [1.807, 2.05) is 19.1 Å². The van der Waals surface area contributed by atoms with Gasteiger partial charge >= 0.3 is 0 Å². The fourth-order valence-electron chi connectivity index (χ4n) is 2.54. The Kier molecular flexibility index (Phi) is 5.52. The lowest BCUT2D eigenvalue weighted by atomic mass is 10.2. The van der Waals surface area contributed by atoms with Crippen molar-refractivity contribution in [2.45, 2.75) is 39.2 Å². The summed E-state index contributed by atoms with van der Waals surface area (Å²) in [5.74, 6) is 0.767. The van der Waals surface area contributed by atoms with Gasteiger partial charge in [-0.05, 0) is 66.5 Å². The third-order valence-electron chi connectivity index (χ3n) is 3.49. The predicted octanol–water partition coefficient (Wildman–Crippen LogP) is 3.93. The Bertz CT molecular complexity index is 415. The number of hydrogen-bond acceptors (Lipinski definition) is 3. The summed E-state index contributed by atoms with van der Waals surface area (Å²) < 4.78 is 6.18. The van der Waals surface area contributed by atoms with E-state index in [9.17, 15) is 5.11 Å². The minimum Gasteiger partial charge on any atom is -0.503 e. The number of halogens is 1. The molecule has 1 saturated heterocycles. The van der Waals surface area contributed by atoms with Crippen LogP contribution in [-0.2, 0) is 6.54 Å². The van der Waals surface area contributed by atoms with Crippen LogP contribution in [0.4, 0.5) is 0 Å². The molecule has 0 amide bonds. The molecule has 0 aliphatic carbocycles. The van der Waals surface area contributed by atoms with Crippen molar-refractivity contribution in [3.63, 3.8) is 0 Å². The van der Waals surface area contributed by atoms with E-state index >= 15 is 0 Å². The van der Waals surface area contributed by atoms with Crippen molar-refractivity contribution in [3.8, 4) is 11.5 Å². The van der Waals surface area contributed by atoms with Gasteiger partial charge in [-0.25, -0.2) is 0 Å². The first-order chi connectivity index (χ1) is 9.20. The molecular formula is C15H22BrNO2. The highest BCUT2D eigenvalue weighted by molar-refractivity contribution is 9.10. The Morgan fingerprint density at radius 3 is 2.53 bits per heavy atom. The highest BCUT2D eigenvalue weighted by Crippen LogP contribution is 2.35. The summed E-state index contributed by atoms with van der Waals surface area (Å²) >= 11 is 3.40. The van der Waals surface area contributed by atoms with Gasteiger partial charge in [0.15, 0.2) is 11.5 Å². The van der Waals surface area contributed by atoms with Gasteiger partial charge in [0.25, 0.3) is 0 Å². The van der Waals surface area contributed by atoms with E-state index in [-0.39, 0.29) is 5.75 Å². The number of ether oxygens (including phenoxy) is 1. The molecule has 0 bridgehead atoms. The zero-order chi connectivity index (χ0) is 13.7. The Hall–Kier alpha value is -0.740. The lowest BCUT2D eigenvalue weighted by Crippen LogP contribution is -2.23. The summed E-state index contributed by atoms with van der Waals surface area (Å²) in [4.78, 5) is 2.49. The molecule has 0 saturated carbocycles. The largest absolute Gasteiger partial charge is 0.503 e. The number of phenols is 1. The molecule has 1 aliphatic heterocycles. The quantitative estimate of drug-likeness (QED) is 0.909. The van der Waals surface area contributed by atoms with Crippen LogP contribution < -0.4 is 4.74 Å². The van der Waals surface area contributed by atoms with Gasteiger partial charge in [-0.1, -0.05) is 12.8 Å². The summed E-state index contributed by atoms with van der Waals surface area (Å²) in [6, 6.07) is 3.94. The van der Waals surface area contributed by atoms with E-state index in [1.165, 1.54) is 44.3 Å². The predicted molar refractivity (Wildman–Crippen MR) is 80.7 cm³/mol. The molecule has 0 aromatic heterocycles. The Labute approximate surface area is 123 Å². The highest BCUT2D eigenvalue weighted by Gasteiger charge is 2.13. The zero-order valence-corrected chi connectivity index (χ0v) is 13.1. The van der Waals surface area contributed by atoms with Gasteiger partial charge in [0, 0.05) is 6.54 Å². The van der Waals surface area contributed by atoms with Crippen molar-refractivity contribution in [1.82, 2.24) is 4.90 Å². The number of likely N-dealkylation sites (tertiary alicyclic amines) is 1. The van der Waals surface area contributed by atoms with Crippen molar-refractivity contribution < 1.29 is 9.84 Å². The van der Waals surface area contributed by atoms with Crippen LogP contribution >= 0.6 is 15.9 Å². The van der Waals surface area contributed by atoms with Crippen molar-refractivity contribution in [1.29, 1.82) is 0 Å². The molecule has 106 valence electrons. The summed E-state index contributed by atoms with van der Waals surface area (Å²) in [6.07, 6.45) is 5.27. The number of phenolic OH excluding ortho intramolecular Hbond substituents is 1. The number of benzene rings is 1. The number of aromatic hydroxyl groups is 1. The summed E-state index contributed by atoms with van der Waals surface area (Å²) in [5.41, 5.74) is 1.19. The molecule has 1 fully saturated rings. The summed E-state index contributed by atoms with van der Waals surface area (Å²) in [7, 11) is 0. The fourth-order valence-corrected chi connectivity index (χ4v) is 3.03. The topological polar surface area (TPSA) is 32.7 Å². The van der Waals surface area contributed by atoms with Crippen molar-refractivity contribution in [2.24, 2.45) is 0 Å².